The van der Waals surface area contributed by atoms with Crippen molar-refractivity contribution in [1.82, 2.24) is 9.36 Å². The first-order chi connectivity index (χ1) is 10.7. The van der Waals surface area contributed by atoms with Gasteiger partial charge in [0, 0.05) is 11.5 Å². The van der Waals surface area contributed by atoms with Crippen molar-refractivity contribution >= 4 is 17.5 Å². The quantitative estimate of drug-likeness (QED) is 0.781. The molecule has 1 aromatic heterocycles. The Morgan fingerprint density at radius 1 is 1.05 bits per heavy atom. The Morgan fingerprint density at radius 2 is 1.73 bits per heavy atom. The molecule has 0 saturated carbocycles. The number of ether oxygens (including phenoxy) is 1. The molecule has 110 valence electrons. The van der Waals surface area contributed by atoms with Crippen molar-refractivity contribution in [3.8, 4) is 16.3 Å². The van der Waals surface area contributed by atoms with Gasteiger partial charge in [-0.1, -0.05) is 54.6 Å². The Bertz CT molecular complexity index is 770. The van der Waals surface area contributed by atoms with Gasteiger partial charge in [0.05, 0.1) is 0 Å². The monoisotopic (exact) mass is 312 g/mol. The van der Waals surface area contributed by atoms with Gasteiger partial charge in [-0.15, -0.1) is 0 Å². The largest absolute Gasteiger partial charge is 0.475 e. The molecule has 1 heterocycles. The van der Waals surface area contributed by atoms with E-state index in [1.807, 2.05) is 42.5 Å². The zero-order chi connectivity index (χ0) is 15.4. The zero-order valence-electron chi connectivity index (χ0n) is 11.5. The van der Waals surface area contributed by atoms with E-state index < -0.39 is 5.97 Å². The third kappa shape index (κ3) is 3.29. The summed E-state index contributed by atoms with van der Waals surface area (Å²) in [5.41, 5.74) is 3.27. The average molecular weight is 312 g/mol. The fraction of sp³-hybridized carbons (Fsp3) is 0.0625. The SMILES string of the molecule is O=C(O)c1nsc(OCc2ccc(-c3ccccc3)cc2)n1. The van der Waals surface area contributed by atoms with Crippen molar-refractivity contribution < 1.29 is 14.6 Å². The molecule has 0 aliphatic rings. The van der Waals surface area contributed by atoms with Gasteiger partial charge in [-0.3, -0.25) is 0 Å². The van der Waals surface area contributed by atoms with E-state index in [4.69, 9.17) is 9.84 Å². The molecule has 0 spiro atoms. The number of carboxylic acid groups (broad SMARTS) is 1. The van der Waals surface area contributed by atoms with Crippen LogP contribution in [-0.2, 0) is 6.61 Å². The van der Waals surface area contributed by atoms with Crippen molar-refractivity contribution in [2.75, 3.05) is 0 Å². The summed E-state index contributed by atoms with van der Waals surface area (Å²) < 4.78 is 9.14. The molecule has 0 unspecified atom stereocenters. The molecule has 0 radical (unpaired) electrons. The number of hydrogen-bond acceptors (Lipinski definition) is 5. The summed E-state index contributed by atoms with van der Waals surface area (Å²) in [6.45, 7) is 0.323. The summed E-state index contributed by atoms with van der Waals surface area (Å²) in [6, 6.07) is 18.1. The maximum Gasteiger partial charge on any atom is 0.375 e. The Balaban J connectivity index is 1.65. The van der Waals surface area contributed by atoms with Crippen molar-refractivity contribution in [3.63, 3.8) is 0 Å². The number of benzene rings is 2. The number of aromatic nitrogens is 2. The highest BCUT2D eigenvalue weighted by Gasteiger charge is 2.11. The van der Waals surface area contributed by atoms with Crippen LogP contribution in [0.3, 0.4) is 0 Å². The lowest BCUT2D eigenvalue weighted by molar-refractivity contribution is 0.0684. The Hall–Kier alpha value is -2.73. The van der Waals surface area contributed by atoms with Gasteiger partial charge < -0.3 is 9.84 Å². The van der Waals surface area contributed by atoms with Crippen LogP contribution < -0.4 is 4.74 Å². The minimum atomic E-state index is -1.15. The summed E-state index contributed by atoms with van der Waals surface area (Å²) in [6.07, 6.45) is 0. The Morgan fingerprint density at radius 3 is 2.36 bits per heavy atom. The van der Waals surface area contributed by atoms with Gasteiger partial charge in [0.25, 0.3) is 11.0 Å². The minimum Gasteiger partial charge on any atom is -0.475 e. The molecule has 0 saturated heterocycles. The van der Waals surface area contributed by atoms with Crippen LogP contribution in [0.2, 0.25) is 0 Å². The number of aromatic carboxylic acids is 1. The fourth-order valence-corrected chi connectivity index (χ4v) is 2.45. The van der Waals surface area contributed by atoms with Gasteiger partial charge in [-0.25, -0.2) is 4.79 Å². The van der Waals surface area contributed by atoms with Gasteiger partial charge in [-0.2, -0.15) is 9.36 Å². The average Bonchev–Trinajstić information content (AvgIpc) is 3.04. The van der Waals surface area contributed by atoms with Gasteiger partial charge in [-0.05, 0) is 16.7 Å². The standard InChI is InChI=1S/C16H12N2O3S/c19-15(20)14-17-16(22-18-14)21-10-11-6-8-13(9-7-11)12-4-2-1-3-5-12/h1-9H,10H2,(H,19,20). The molecule has 6 heteroatoms. The van der Waals surface area contributed by atoms with E-state index in [0.29, 0.717) is 6.61 Å². The predicted molar refractivity (Wildman–Crippen MR) is 83.1 cm³/mol. The first-order valence-corrected chi connectivity index (χ1v) is 7.34. The van der Waals surface area contributed by atoms with Crippen LogP contribution in [0.1, 0.15) is 16.2 Å². The van der Waals surface area contributed by atoms with Crippen molar-refractivity contribution in [1.29, 1.82) is 0 Å². The highest BCUT2D eigenvalue weighted by atomic mass is 32.1. The zero-order valence-corrected chi connectivity index (χ0v) is 12.3. The van der Waals surface area contributed by atoms with Crippen molar-refractivity contribution in [3.05, 3.63) is 66.0 Å². The second kappa shape index (κ2) is 6.36. The topological polar surface area (TPSA) is 72.3 Å². The van der Waals surface area contributed by atoms with Crippen LogP contribution in [0, 0.1) is 0 Å². The van der Waals surface area contributed by atoms with E-state index in [1.165, 1.54) is 0 Å². The van der Waals surface area contributed by atoms with Gasteiger partial charge in [0.15, 0.2) is 0 Å². The summed E-state index contributed by atoms with van der Waals surface area (Å²) in [4.78, 5) is 14.5. The molecule has 22 heavy (non-hydrogen) atoms. The van der Waals surface area contributed by atoms with Gasteiger partial charge >= 0.3 is 5.97 Å². The van der Waals surface area contributed by atoms with Crippen LogP contribution in [0.4, 0.5) is 0 Å². The van der Waals surface area contributed by atoms with E-state index in [0.717, 1.165) is 28.2 Å². The molecule has 0 aliphatic heterocycles. The maximum atomic E-state index is 10.7. The predicted octanol–water partition coefficient (Wildman–Crippen LogP) is 3.48. The molecule has 0 atom stereocenters. The lowest BCUT2D eigenvalue weighted by Gasteiger charge is -2.05. The maximum absolute atomic E-state index is 10.7. The van der Waals surface area contributed by atoms with Crippen molar-refractivity contribution in [2.45, 2.75) is 6.61 Å². The van der Waals surface area contributed by atoms with E-state index in [9.17, 15) is 4.79 Å². The first-order valence-electron chi connectivity index (χ1n) is 6.56. The van der Waals surface area contributed by atoms with E-state index in [2.05, 4.69) is 21.5 Å². The molecule has 0 amide bonds. The Labute approximate surface area is 131 Å². The smallest absolute Gasteiger partial charge is 0.375 e. The second-order valence-corrected chi connectivity index (χ2v) is 5.26. The Kier molecular flexibility index (Phi) is 4.11. The van der Waals surface area contributed by atoms with E-state index >= 15 is 0 Å². The summed E-state index contributed by atoms with van der Waals surface area (Å²) in [5.74, 6) is -1.39. The molecule has 0 aliphatic carbocycles. The highest BCUT2D eigenvalue weighted by Crippen LogP contribution is 2.20. The number of carboxylic acids is 1. The molecule has 3 rings (SSSR count). The van der Waals surface area contributed by atoms with Crippen LogP contribution in [0.5, 0.6) is 5.19 Å². The van der Waals surface area contributed by atoms with Gasteiger partial charge in [0.1, 0.15) is 6.61 Å². The van der Waals surface area contributed by atoms with Crippen LogP contribution in [0.15, 0.2) is 54.6 Å². The van der Waals surface area contributed by atoms with Crippen LogP contribution >= 0.6 is 11.5 Å². The third-order valence-corrected chi connectivity index (χ3v) is 3.65. The summed E-state index contributed by atoms with van der Waals surface area (Å²) in [5, 5.41) is 9.00. The fourth-order valence-electron chi connectivity index (χ4n) is 1.92. The molecule has 2 aromatic carbocycles. The molecule has 0 fully saturated rings. The molecule has 0 bridgehead atoms. The molecule has 3 aromatic rings. The van der Waals surface area contributed by atoms with Gasteiger partial charge in [0.2, 0.25) is 0 Å². The third-order valence-electron chi connectivity index (χ3n) is 3.02. The van der Waals surface area contributed by atoms with E-state index in [1.54, 1.807) is 0 Å². The number of nitrogens with zero attached hydrogens (tertiary/aromatic N) is 2. The first kappa shape index (κ1) is 14.2. The highest BCUT2D eigenvalue weighted by molar-refractivity contribution is 7.07. The molecular weight excluding hydrogens is 300 g/mol. The number of rotatable bonds is 5. The van der Waals surface area contributed by atoms with Crippen LogP contribution in [0.25, 0.3) is 11.1 Å². The lowest BCUT2D eigenvalue weighted by Crippen LogP contribution is -1.99. The van der Waals surface area contributed by atoms with Crippen molar-refractivity contribution in [2.24, 2.45) is 0 Å². The number of carbonyl (C=O) groups is 1. The number of hydrogen-bond donors (Lipinski definition) is 1. The van der Waals surface area contributed by atoms with Crippen LogP contribution in [-0.4, -0.2) is 20.4 Å². The molecular formula is C16H12N2O3S. The second-order valence-electron chi connectivity index (χ2n) is 4.54. The normalized spacial score (nSPS) is 10.4. The summed E-state index contributed by atoms with van der Waals surface area (Å²) >= 11 is 0.933. The molecule has 5 nitrogen and oxygen atoms in total. The minimum absolute atomic E-state index is 0.237. The van der Waals surface area contributed by atoms with E-state index in [-0.39, 0.29) is 11.0 Å². The molecule has 1 N–H and O–H groups in total. The summed E-state index contributed by atoms with van der Waals surface area (Å²) in [7, 11) is 0. The lowest BCUT2D eigenvalue weighted by atomic mass is 10.0.